The number of aryl methyl sites for hydroxylation is 1. The van der Waals surface area contributed by atoms with Gasteiger partial charge in [0.15, 0.2) is 5.15 Å². The van der Waals surface area contributed by atoms with E-state index in [2.05, 4.69) is 25.4 Å². The maximum Gasteiger partial charge on any atom is 0.245 e. The van der Waals surface area contributed by atoms with E-state index >= 15 is 0 Å². The standard InChI is InChI=1S/C11H16ClN5/c1-7-10(12)15-16-11(14-7)17-5-3-8-2-4-13-6-9(8)17/h8-9,13H,2-6H2,1H3. The Bertz CT molecular complexity index is 424. The zero-order valence-electron chi connectivity index (χ0n) is 9.86. The highest BCUT2D eigenvalue weighted by atomic mass is 35.5. The van der Waals surface area contributed by atoms with Gasteiger partial charge in [-0.1, -0.05) is 11.6 Å². The summed E-state index contributed by atoms with van der Waals surface area (Å²) < 4.78 is 0. The van der Waals surface area contributed by atoms with Crippen LogP contribution in [0.5, 0.6) is 0 Å². The number of hydrogen-bond acceptors (Lipinski definition) is 5. The minimum atomic E-state index is 0.395. The van der Waals surface area contributed by atoms with Gasteiger partial charge < -0.3 is 10.2 Å². The van der Waals surface area contributed by atoms with Gasteiger partial charge >= 0.3 is 0 Å². The van der Waals surface area contributed by atoms with Gasteiger partial charge in [0.1, 0.15) is 0 Å². The summed E-state index contributed by atoms with van der Waals surface area (Å²) in [5.41, 5.74) is 0.754. The number of fused-ring (bicyclic) bond motifs is 1. The van der Waals surface area contributed by atoms with Crippen molar-refractivity contribution in [2.45, 2.75) is 25.8 Å². The summed E-state index contributed by atoms with van der Waals surface area (Å²) in [5.74, 6) is 1.50. The van der Waals surface area contributed by atoms with E-state index in [-0.39, 0.29) is 0 Å². The van der Waals surface area contributed by atoms with Crippen molar-refractivity contribution >= 4 is 17.5 Å². The third-order valence-corrected chi connectivity index (χ3v) is 4.13. The number of anilines is 1. The predicted octanol–water partition coefficient (Wildman–Crippen LogP) is 1.02. The van der Waals surface area contributed by atoms with E-state index in [1.165, 1.54) is 12.8 Å². The Kier molecular flexibility index (Phi) is 2.88. The average molecular weight is 254 g/mol. The molecule has 92 valence electrons. The first kappa shape index (κ1) is 11.2. The van der Waals surface area contributed by atoms with Crippen LogP contribution < -0.4 is 10.2 Å². The molecule has 0 bridgehead atoms. The Morgan fingerprint density at radius 2 is 2.24 bits per heavy atom. The highest BCUT2D eigenvalue weighted by molar-refractivity contribution is 6.29. The monoisotopic (exact) mass is 253 g/mol. The van der Waals surface area contributed by atoms with Crippen molar-refractivity contribution in [2.24, 2.45) is 5.92 Å². The van der Waals surface area contributed by atoms with E-state index in [0.29, 0.717) is 11.2 Å². The first-order valence-electron chi connectivity index (χ1n) is 6.10. The molecule has 6 heteroatoms. The molecule has 0 aromatic carbocycles. The molecule has 1 N–H and O–H groups in total. The number of piperidine rings is 1. The van der Waals surface area contributed by atoms with Gasteiger partial charge in [0, 0.05) is 19.1 Å². The zero-order chi connectivity index (χ0) is 11.8. The second kappa shape index (κ2) is 4.38. The van der Waals surface area contributed by atoms with Crippen LogP contribution in [0.2, 0.25) is 5.15 Å². The fraction of sp³-hybridized carbons (Fsp3) is 0.727. The van der Waals surface area contributed by atoms with Crippen LogP contribution in [0.4, 0.5) is 5.95 Å². The molecule has 2 aliphatic rings. The highest BCUT2D eigenvalue weighted by Gasteiger charge is 2.37. The molecule has 2 aliphatic heterocycles. The van der Waals surface area contributed by atoms with Crippen LogP contribution in [0.3, 0.4) is 0 Å². The quantitative estimate of drug-likeness (QED) is 0.810. The molecule has 2 unspecified atom stereocenters. The summed E-state index contributed by atoms with van der Waals surface area (Å²) in [5, 5.41) is 11.9. The molecule has 3 rings (SSSR count). The van der Waals surface area contributed by atoms with Gasteiger partial charge in [0.05, 0.1) is 5.69 Å². The maximum absolute atomic E-state index is 5.86. The van der Waals surface area contributed by atoms with E-state index in [0.717, 1.165) is 37.2 Å². The minimum absolute atomic E-state index is 0.395. The maximum atomic E-state index is 5.86. The van der Waals surface area contributed by atoms with Crippen LogP contribution >= 0.6 is 11.6 Å². The summed E-state index contributed by atoms with van der Waals surface area (Å²) >= 11 is 5.86. The number of rotatable bonds is 1. The predicted molar refractivity (Wildman–Crippen MR) is 66.3 cm³/mol. The van der Waals surface area contributed by atoms with E-state index in [9.17, 15) is 0 Å². The lowest BCUT2D eigenvalue weighted by molar-refractivity contribution is 0.357. The smallest absolute Gasteiger partial charge is 0.245 e. The lowest BCUT2D eigenvalue weighted by atomic mass is 9.93. The molecule has 3 heterocycles. The lowest BCUT2D eigenvalue weighted by Crippen LogP contribution is -2.46. The Labute approximate surface area is 106 Å². The van der Waals surface area contributed by atoms with Gasteiger partial charge in [-0.3, -0.25) is 0 Å². The summed E-state index contributed by atoms with van der Waals surface area (Å²) in [6.45, 7) is 5.05. The first-order valence-corrected chi connectivity index (χ1v) is 6.47. The molecule has 0 spiro atoms. The number of nitrogens with one attached hydrogen (secondary N) is 1. The van der Waals surface area contributed by atoms with Crippen molar-refractivity contribution in [2.75, 3.05) is 24.5 Å². The molecule has 1 aromatic rings. The van der Waals surface area contributed by atoms with Crippen molar-refractivity contribution < 1.29 is 0 Å². The molecule has 5 nitrogen and oxygen atoms in total. The fourth-order valence-electron chi connectivity index (χ4n) is 2.82. The molecule has 0 aliphatic carbocycles. The zero-order valence-corrected chi connectivity index (χ0v) is 10.6. The third kappa shape index (κ3) is 1.98. The molecule has 2 saturated heterocycles. The van der Waals surface area contributed by atoms with Gasteiger partial charge in [-0.25, -0.2) is 4.98 Å². The SMILES string of the molecule is Cc1nc(N2CCC3CCNCC32)nnc1Cl. The second-order valence-electron chi connectivity index (χ2n) is 4.79. The van der Waals surface area contributed by atoms with Gasteiger partial charge in [0.25, 0.3) is 0 Å². The van der Waals surface area contributed by atoms with Gasteiger partial charge in [-0.15, -0.1) is 10.2 Å². The Hall–Kier alpha value is -0.940. The molecule has 0 saturated carbocycles. The average Bonchev–Trinajstić information content (AvgIpc) is 2.76. The highest BCUT2D eigenvalue weighted by Crippen LogP contribution is 2.31. The van der Waals surface area contributed by atoms with E-state index in [1.807, 2.05) is 6.92 Å². The molecular formula is C11H16ClN5. The van der Waals surface area contributed by atoms with E-state index < -0.39 is 0 Å². The van der Waals surface area contributed by atoms with Crippen molar-refractivity contribution in [3.05, 3.63) is 10.8 Å². The van der Waals surface area contributed by atoms with Gasteiger partial charge in [-0.05, 0) is 32.2 Å². The van der Waals surface area contributed by atoms with Crippen LogP contribution in [0.15, 0.2) is 0 Å². The normalized spacial score (nSPS) is 28.2. The number of hydrogen-bond donors (Lipinski definition) is 1. The second-order valence-corrected chi connectivity index (χ2v) is 5.15. The topological polar surface area (TPSA) is 53.9 Å². The van der Waals surface area contributed by atoms with Crippen LogP contribution in [0.25, 0.3) is 0 Å². The number of aromatic nitrogens is 3. The first-order chi connectivity index (χ1) is 8.25. The molecule has 2 fully saturated rings. The van der Waals surface area contributed by atoms with Crippen molar-refractivity contribution in [1.82, 2.24) is 20.5 Å². The van der Waals surface area contributed by atoms with E-state index in [1.54, 1.807) is 0 Å². The molecule has 0 amide bonds. The molecule has 1 aromatic heterocycles. The Morgan fingerprint density at radius 1 is 1.35 bits per heavy atom. The van der Waals surface area contributed by atoms with Crippen LogP contribution in [-0.2, 0) is 0 Å². The third-order valence-electron chi connectivity index (χ3n) is 3.78. The van der Waals surface area contributed by atoms with Crippen LogP contribution in [-0.4, -0.2) is 40.9 Å². The largest absolute Gasteiger partial charge is 0.335 e. The van der Waals surface area contributed by atoms with Crippen LogP contribution in [0, 0.1) is 12.8 Å². The lowest BCUT2D eigenvalue weighted by Gasteiger charge is -2.31. The van der Waals surface area contributed by atoms with Gasteiger partial charge in [-0.2, -0.15) is 0 Å². The van der Waals surface area contributed by atoms with Gasteiger partial charge in [0.2, 0.25) is 5.95 Å². The van der Waals surface area contributed by atoms with Crippen molar-refractivity contribution in [3.63, 3.8) is 0 Å². The summed E-state index contributed by atoms with van der Waals surface area (Å²) in [7, 11) is 0. The number of halogens is 1. The Morgan fingerprint density at radius 3 is 3.06 bits per heavy atom. The fourth-order valence-corrected chi connectivity index (χ4v) is 2.90. The molecule has 0 radical (unpaired) electrons. The minimum Gasteiger partial charge on any atom is -0.335 e. The number of nitrogens with zero attached hydrogens (tertiary/aromatic N) is 4. The summed E-state index contributed by atoms with van der Waals surface area (Å²) in [4.78, 5) is 6.71. The molecule has 2 atom stereocenters. The summed E-state index contributed by atoms with van der Waals surface area (Å²) in [6.07, 6.45) is 2.48. The van der Waals surface area contributed by atoms with Crippen molar-refractivity contribution in [3.8, 4) is 0 Å². The molecule has 17 heavy (non-hydrogen) atoms. The van der Waals surface area contributed by atoms with E-state index in [4.69, 9.17) is 11.6 Å². The van der Waals surface area contributed by atoms with Crippen molar-refractivity contribution in [1.29, 1.82) is 0 Å². The molecular weight excluding hydrogens is 238 g/mol. The summed E-state index contributed by atoms with van der Waals surface area (Å²) in [6, 6.07) is 0.520. The Balaban J connectivity index is 1.86. The van der Waals surface area contributed by atoms with Crippen LogP contribution in [0.1, 0.15) is 18.5 Å².